The third-order valence-electron chi connectivity index (χ3n) is 5.04. The highest BCUT2D eigenvalue weighted by Crippen LogP contribution is 2.67. The van der Waals surface area contributed by atoms with Gasteiger partial charge in [-0.3, -0.25) is 0 Å². The molecule has 2 rings (SSSR count). The van der Waals surface area contributed by atoms with Gasteiger partial charge in [0.05, 0.1) is 6.10 Å². The van der Waals surface area contributed by atoms with Crippen molar-refractivity contribution in [2.45, 2.75) is 46.6 Å². The Bertz CT molecular complexity index is 209. The summed E-state index contributed by atoms with van der Waals surface area (Å²) in [6, 6.07) is 0. The van der Waals surface area contributed by atoms with Gasteiger partial charge in [-0.15, -0.1) is 0 Å². The van der Waals surface area contributed by atoms with Crippen LogP contribution in [0.15, 0.2) is 0 Å². The Morgan fingerprint density at radius 2 is 1.83 bits per heavy atom. The van der Waals surface area contributed by atoms with Crippen LogP contribution in [0.25, 0.3) is 0 Å². The molecular formula is C11H20O. The van der Waals surface area contributed by atoms with Crippen molar-refractivity contribution in [2.24, 2.45) is 22.7 Å². The smallest absolute Gasteiger partial charge is 0.0602 e. The molecule has 0 amide bonds. The summed E-state index contributed by atoms with van der Waals surface area (Å²) in [5.74, 6) is 1.56. The molecule has 4 atom stereocenters. The minimum absolute atomic E-state index is 0.0475. The van der Waals surface area contributed by atoms with Gasteiger partial charge in [0.15, 0.2) is 0 Å². The maximum Gasteiger partial charge on any atom is 0.0602 e. The largest absolute Gasteiger partial charge is 0.393 e. The van der Waals surface area contributed by atoms with Gasteiger partial charge in [0.1, 0.15) is 0 Å². The van der Waals surface area contributed by atoms with Gasteiger partial charge in [0, 0.05) is 0 Å². The molecule has 0 heterocycles. The van der Waals surface area contributed by atoms with Crippen LogP contribution in [0.3, 0.4) is 0 Å². The highest BCUT2D eigenvalue weighted by molar-refractivity contribution is 5.12. The molecule has 2 aliphatic carbocycles. The standard InChI is InChI=1S/C11H20O/c1-7-6-11(4)9(12)5-8(7)10(11,2)3/h7-9,12H,5-6H2,1-4H3. The zero-order valence-corrected chi connectivity index (χ0v) is 8.59. The second-order valence-corrected chi connectivity index (χ2v) is 5.68. The molecule has 0 spiro atoms. The second-order valence-electron chi connectivity index (χ2n) is 5.68. The molecule has 1 heteroatoms. The minimum Gasteiger partial charge on any atom is -0.393 e. The van der Waals surface area contributed by atoms with Gasteiger partial charge in [0.25, 0.3) is 0 Å². The normalized spacial score (nSPS) is 56.2. The fraction of sp³-hybridized carbons (Fsp3) is 1.00. The number of aliphatic hydroxyl groups excluding tert-OH is 1. The van der Waals surface area contributed by atoms with Crippen LogP contribution in [0.5, 0.6) is 0 Å². The first-order chi connectivity index (χ1) is 5.39. The van der Waals surface area contributed by atoms with Crippen LogP contribution in [0.4, 0.5) is 0 Å². The van der Waals surface area contributed by atoms with Crippen molar-refractivity contribution in [3.63, 3.8) is 0 Å². The molecule has 0 aromatic heterocycles. The lowest BCUT2D eigenvalue weighted by molar-refractivity contribution is 0.00826. The van der Waals surface area contributed by atoms with Crippen LogP contribution in [-0.4, -0.2) is 11.2 Å². The molecule has 0 aromatic carbocycles. The predicted octanol–water partition coefficient (Wildman–Crippen LogP) is 2.44. The van der Waals surface area contributed by atoms with Crippen LogP contribution >= 0.6 is 0 Å². The monoisotopic (exact) mass is 168 g/mol. The summed E-state index contributed by atoms with van der Waals surface area (Å²) in [4.78, 5) is 0. The third-order valence-corrected chi connectivity index (χ3v) is 5.04. The number of hydrogen-bond donors (Lipinski definition) is 1. The summed E-state index contributed by atoms with van der Waals surface area (Å²) in [6.45, 7) is 9.26. The number of fused-ring (bicyclic) bond motifs is 2. The highest BCUT2D eigenvalue weighted by Gasteiger charge is 2.63. The molecule has 0 aliphatic heterocycles. The lowest BCUT2D eigenvalue weighted by Gasteiger charge is -2.36. The van der Waals surface area contributed by atoms with E-state index in [9.17, 15) is 5.11 Å². The summed E-state index contributed by atoms with van der Waals surface area (Å²) in [6.07, 6.45) is 2.20. The van der Waals surface area contributed by atoms with E-state index in [1.807, 2.05) is 0 Å². The number of aliphatic hydroxyl groups is 1. The first-order valence-corrected chi connectivity index (χ1v) is 5.07. The lowest BCUT2D eigenvalue weighted by Crippen LogP contribution is -2.35. The fourth-order valence-corrected chi connectivity index (χ4v) is 3.80. The van der Waals surface area contributed by atoms with Gasteiger partial charge in [-0.2, -0.15) is 0 Å². The maximum atomic E-state index is 9.93. The van der Waals surface area contributed by atoms with Crippen LogP contribution in [0.1, 0.15) is 40.5 Å². The molecule has 2 saturated carbocycles. The molecule has 0 radical (unpaired) electrons. The number of hydrogen-bond acceptors (Lipinski definition) is 1. The first kappa shape index (κ1) is 8.55. The van der Waals surface area contributed by atoms with Gasteiger partial charge in [-0.05, 0) is 35.5 Å². The van der Waals surface area contributed by atoms with Crippen molar-refractivity contribution in [1.82, 2.24) is 0 Å². The molecule has 2 bridgehead atoms. The summed E-state index contributed by atoms with van der Waals surface area (Å²) >= 11 is 0. The van der Waals surface area contributed by atoms with Gasteiger partial charge >= 0.3 is 0 Å². The van der Waals surface area contributed by atoms with E-state index in [0.717, 1.165) is 18.3 Å². The van der Waals surface area contributed by atoms with Gasteiger partial charge < -0.3 is 5.11 Å². The molecule has 1 nitrogen and oxygen atoms in total. The third kappa shape index (κ3) is 0.693. The van der Waals surface area contributed by atoms with E-state index < -0.39 is 0 Å². The average molecular weight is 168 g/mol. The zero-order chi connectivity index (χ0) is 9.15. The van der Waals surface area contributed by atoms with E-state index in [-0.39, 0.29) is 11.5 Å². The van der Waals surface area contributed by atoms with E-state index in [1.54, 1.807) is 0 Å². The van der Waals surface area contributed by atoms with Crippen molar-refractivity contribution in [3.05, 3.63) is 0 Å². The maximum absolute atomic E-state index is 9.93. The summed E-state index contributed by atoms with van der Waals surface area (Å²) in [5.41, 5.74) is 0.545. The minimum atomic E-state index is -0.0475. The molecular weight excluding hydrogens is 148 g/mol. The summed E-state index contributed by atoms with van der Waals surface area (Å²) in [5, 5.41) is 9.93. The van der Waals surface area contributed by atoms with Crippen LogP contribution in [0, 0.1) is 22.7 Å². The molecule has 0 saturated heterocycles. The molecule has 2 fully saturated rings. The van der Waals surface area contributed by atoms with E-state index in [1.165, 1.54) is 6.42 Å². The average Bonchev–Trinajstić information content (AvgIpc) is 2.18. The molecule has 2 aliphatic rings. The van der Waals surface area contributed by atoms with Crippen molar-refractivity contribution < 1.29 is 5.11 Å². The van der Waals surface area contributed by atoms with Crippen LogP contribution < -0.4 is 0 Å². The molecule has 1 N–H and O–H groups in total. The Hall–Kier alpha value is -0.0400. The highest BCUT2D eigenvalue weighted by atomic mass is 16.3. The quantitative estimate of drug-likeness (QED) is 0.589. The summed E-state index contributed by atoms with van der Waals surface area (Å²) in [7, 11) is 0. The van der Waals surface area contributed by atoms with Crippen molar-refractivity contribution in [3.8, 4) is 0 Å². The van der Waals surface area contributed by atoms with Crippen molar-refractivity contribution in [1.29, 1.82) is 0 Å². The van der Waals surface area contributed by atoms with Crippen LogP contribution in [-0.2, 0) is 0 Å². The molecule has 12 heavy (non-hydrogen) atoms. The van der Waals surface area contributed by atoms with Crippen molar-refractivity contribution in [2.75, 3.05) is 0 Å². The summed E-state index contributed by atoms with van der Waals surface area (Å²) < 4.78 is 0. The fourth-order valence-electron chi connectivity index (χ4n) is 3.80. The van der Waals surface area contributed by atoms with Gasteiger partial charge in [-0.25, -0.2) is 0 Å². The van der Waals surface area contributed by atoms with Crippen LogP contribution in [0.2, 0.25) is 0 Å². The van der Waals surface area contributed by atoms with Gasteiger partial charge in [-0.1, -0.05) is 27.7 Å². The van der Waals surface area contributed by atoms with E-state index in [0.29, 0.717) is 5.41 Å². The topological polar surface area (TPSA) is 20.2 Å². The SMILES string of the molecule is CC1CC2(C)C(O)CC1C2(C)C. The Kier molecular flexibility index (Phi) is 1.47. The van der Waals surface area contributed by atoms with E-state index >= 15 is 0 Å². The predicted molar refractivity (Wildman–Crippen MR) is 49.8 cm³/mol. The Morgan fingerprint density at radius 3 is 2.08 bits per heavy atom. The molecule has 0 aromatic rings. The zero-order valence-electron chi connectivity index (χ0n) is 8.59. The van der Waals surface area contributed by atoms with E-state index in [2.05, 4.69) is 27.7 Å². The lowest BCUT2D eigenvalue weighted by atomic mass is 9.70. The Labute approximate surface area is 75.2 Å². The number of rotatable bonds is 0. The molecule has 4 unspecified atom stereocenters. The molecule has 70 valence electrons. The Balaban J connectivity index is 2.41. The second kappa shape index (κ2) is 2.06. The van der Waals surface area contributed by atoms with Gasteiger partial charge in [0.2, 0.25) is 0 Å². The Morgan fingerprint density at radius 1 is 1.25 bits per heavy atom. The van der Waals surface area contributed by atoms with E-state index in [4.69, 9.17) is 0 Å². The first-order valence-electron chi connectivity index (χ1n) is 5.07. The van der Waals surface area contributed by atoms with Crippen molar-refractivity contribution >= 4 is 0 Å².